The van der Waals surface area contributed by atoms with E-state index in [1.807, 2.05) is 84.9 Å². The maximum Gasteiger partial charge on any atom is 0.256 e. The fraction of sp³-hybridized carbons (Fsp3) is 0. The molecule has 0 aliphatic carbocycles. The zero-order valence-corrected chi connectivity index (χ0v) is 25.7. The number of halogens is 2. The number of carbonyl (C=O) groups excluding carboxylic acids is 2. The number of benzene rings is 5. The summed E-state index contributed by atoms with van der Waals surface area (Å²) in [6.07, 6.45) is 0. The van der Waals surface area contributed by atoms with Gasteiger partial charge in [0.2, 0.25) is 0 Å². The van der Waals surface area contributed by atoms with Gasteiger partial charge in [-0.2, -0.15) is 0 Å². The number of anilines is 2. The highest BCUT2D eigenvalue weighted by molar-refractivity contribution is 6.33. The highest BCUT2D eigenvalue weighted by atomic mass is 35.5. The summed E-state index contributed by atoms with van der Waals surface area (Å²) in [4.78, 5) is 36.7. The third kappa shape index (κ3) is 5.79. The number of nitrogens with zero attached hydrogens (tertiary/aromatic N) is 2. The van der Waals surface area contributed by atoms with Gasteiger partial charge in [0, 0.05) is 43.3 Å². The molecule has 0 bridgehead atoms. The standard InChI is InChI=1S/C38H24Cl2N4O2/c39-31-13-5-1-11-27(31)35-21-29(25-9-3-7-15-33(25)43-35)37(45)41-23-17-19-24(20-18-23)42-38(46)30-22-36(28-12-2-6-14-32(28)40)44-34-16-8-4-10-26(30)34/h1-22H,(H,41,45)(H,42,46). The molecule has 0 saturated carbocycles. The Morgan fingerprint density at radius 1 is 0.478 bits per heavy atom. The SMILES string of the molecule is O=C(Nc1ccc(NC(=O)c2cc(-c3ccccc3Cl)nc3ccccc23)cc1)c1cc(-c2ccccc2Cl)nc2ccccc12. The molecule has 46 heavy (non-hydrogen) atoms. The van der Waals surface area contributed by atoms with Gasteiger partial charge in [-0.05, 0) is 60.7 Å². The zero-order chi connectivity index (χ0) is 31.6. The van der Waals surface area contributed by atoms with E-state index >= 15 is 0 Å². The molecule has 2 aromatic heterocycles. The van der Waals surface area contributed by atoms with Crippen LogP contribution in [0.3, 0.4) is 0 Å². The van der Waals surface area contributed by atoms with Gasteiger partial charge in [-0.25, -0.2) is 9.97 Å². The summed E-state index contributed by atoms with van der Waals surface area (Å²) in [6.45, 7) is 0. The quantitative estimate of drug-likeness (QED) is 0.190. The number of amides is 2. The van der Waals surface area contributed by atoms with E-state index in [-0.39, 0.29) is 11.8 Å². The minimum absolute atomic E-state index is 0.293. The van der Waals surface area contributed by atoms with Gasteiger partial charge in [-0.3, -0.25) is 9.59 Å². The normalized spacial score (nSPS) is 11.0. The molecule has 6 nitrogen and oxygen atoms in total. The third-order valence-corrected chi connectivity index (χ3v) is 8.28. The molecule has 0 aliphatic heterocycles. The molecular weight excluding hydrogens is 615 g/mol. The van der Waals surface area contributed by atoms with E-state index < -0.39 is 0 Å². The minimum atomic E-state index is -0.293. The van der Waals surface area contributed by atoms with Crippen LogP contribution in [0, 0.1) is 0 Å². The lowest BCUT2D eigenvalue weighted by Gasteiger charge is -2.13. The average Bonchev–Trinajstić information content (AvgIpc) is 3.08. The largest absolute Gasteiger partial charge is 0.322 e. The fourth-order valence-electron chi connectivity index (χ4n) is 5.37. The lowest BCUT2D eigenvalue weighted by atomic mass is 10.0. The summed E-state index contributed by atoms with van der Waals surface area (Å²) in [5.74, 6) is -0.585. The van der Waals surface area contributed by atoms with E-state index in [1.165, 1.54) is 0 Å². The number of aromatic nitrogens is 2. The van der Waals surface area contributed by atoms with Crippen LogP contribution in [0.25, 0.3) is 44.3 Å². The van der Waals surface area contributed by atoms with Gasteiger partial charge in [0.05, 0.1) is 33.5 Å². The molecule has 0 radical (unpaired) electrons. The molecule has 2 N–H and O–H groups in total. The fourth-order valence-corrected chi connectivity index (χ4v) is 5.84. The van der Waals surface area contributed by atoms with Crippen LogP contribution < -0.4 is 10.6 Å². The molecule has 222 valence electrons. The maximum atomic E-state index is 13.6. The number of para-hydroxylation sites is 2. The van der Waals surface area contributed by atoms with E-state index in [4.69, 9.17) is 33.2 Å². The second-order valence-electron chi connectivity index (χ2n) is 10.6. The van der Waals surface area contributed by atoms with Crippen molar-refractivity contribution in [2.24, 2.45) is 0 Å². The molecule has 0 aliphatic rings. The number of pyridine rings is 2. The lowest BCUT2D eigenvalue weighted by molar-refractivity contribution is 0.102. The molecule has 2 amide bonds. The first-order chi connectivity index (χ1) is 22.4. The minimum Gasteiger partial charge on any atom is -0.322 e. The molecule has 0 fully saturated rings. The predicted octanol–water partition coefficient (Wildman–Crippen LogP) is 9.93. The van der Waals surface area contributed by atoms with Crippen LogP contribution >= 0.6 is 23.2 Å². The van der Waals surface area contributed by atoms with Crippen molar-refractivity contribution in [2.45, 2.75) is 0 Å². The Morgan fingerprint density at radius 2 is 0.848 bits per heavy atom. The molecule has 0 atom stereocenters. The first kappa shape index (κ1) is 29.2. The number of carbonyl (C=O) groups is 2. The van der Waals surface area contributed by atoms with Gasteiger partial charge in [0.1, 0.15) is 0 Å². The predicted molar refractivity (Wildman–Crippen MR) is 187 cm³/mol. The Balaban J connectivity index is 1.14. The maximum absolute atomic E-state index is 13.6. The molecule has 7 aromatic rings. The summed E-state index contributed by atoms with van der Waals surface area (Å²) in [5, 5.41) is 8.50. The molecule has 0 saturated heterocycles. The second kappa shape index (κ2) is 12.4. The second-order valence-corrected chi connectivity index (χ2v) is 11.4. The van der Waals surface area contributed by atoms with Gasteiger partial charge in [-0.15, -0.1) is 0 Å². The van der Waals surface area contributed by atoms with E-state index in [9.17, 15) is 9.59 Å². The molecule has 2 heterocycles. The number of hydrogen-bond acceptors (Lipinski definition) is 4. The number of rotatable bonds is 6. The van der Waals surface area contributed by atoms with Gasteiger partial charge < -0.3 is 10.6 Å². The van der Waals surface area contributed by atoms with Crippen LogP contribution in [0.1, 0.15) is 20.7 Å². The van der Waals surface area contributed by atoms with Crippen molar-refractivity contribution >= 4 is 68.2 Å². The molecule has 7 rings (SSSR count). The van der Waals surface area contributed by atoms with E-state index in [1.54, 1.807) is 48.5 Å². The highest BCUT2D eigenvalue weighted by Gasteiger charge is 2.17. The van der Waals surface area contributed by atoms with E-state index in [0.29, 0.717) is 55.0 Å². The van der Waals surface area contributed by atoms with Crippen LogP contribution in [-0.2, 0) is 0 Å². The molecule has 8 heteroatoms. The lowest BCUT2D eigenvalue weighted by Crippen LogP contribution is -2.14. The summed E-state index contributed by atoms with van der Waals surface area (Å²) in [5.41, 5.74) is 6.14. The first-order valence-electron chi connectivity index (χ1n) is 14.5. The Bertz CT molecular complexity index is 2130. The van der Waals surface area contributed by atoms with Crippen LogP contribution in [-0.4, -0.2) is 21.8 Å². The van der Waals surface area contributed by atoms with Crippen LogP contribution in [0.15, 0.2) is 133 Å². The van der Waals surface area contributed by atoms with Crippen LogP contribution in [0.5, 0.6) is 0 Å². The summed E-state index contributed by atoms with van der Waals surface area (Å²) >= 11 is 12.9. The molecule has 0 unspecified atom stereocenters. The van der Waals surface area contributed by atoms with Crippen molar-refractivity contribution in [1.29, 1.82) is 0 Å². The summed E-state index contributed by atoms with van der Waals surface area (Å²) < 4.78 is 0. The topological polar surface area (TPSA) is 84.0 Å². The van der Waals surface area contributed by atoms with Gasteiger partial charge in [-0.1, -0.05) is 96.0 Å². The van der Waals surface area contributed by atoms with Gasteiger partial charge in [0.15, 0.2) is 0 Å². The van der Waals surface area contributed by atoms with Crippen LogP contribution in [0.2, 0.25) is 10.0 Å². The zero-order valence-electron chi connectivity index (χ0n) is 24.2. The summed E-state index contributed by atoms with van der Waals surface area (Å²) in [7, 11) is 0. The van der Waals surface area contributed by atoms with Crippen molar-refractivity contribution in [3.05, 3.63) is 155 Å². The smallest absolute Gasteiger partial charge is 0.256 e. The van der Waals surface area contributed by atoms with Crippen molar-refractivity contribution in [3.8, 4) is 22.5 Å². The number of hydrogen-bond donors (Lipinski definition) is 2. The Kier molecular flexibility index (Phi) is 7.89. The van der Waals surface area contributed by atoms with Crippen molar-refractivity contribution in [1.82, 2.24) is 9.97 Å². The molecule has 5 aromatic carbocycles. The third-order valence-electron chi connectivity index (χ3n) is 7.62. The number of nitrogens with one attached hydrogen (secondary N) is 2. The molecule has 0 spiro atoms. The van der Waals surface area contributed by atoms with Gasteiger partial charge >= 0.3 is 0 Å². The average molecular weight is 640 g/mol. The van der Waals surface area contributed by atoms with Crippen molar-refractivity contribution in [2.75, 3.05) is 10.6 Å². The van der Waals surface area contributed by atoms with Crippen molar-refractivity contribution in [3.63, 3.8) is 0 Å². The van der Waals surface area contributed by atoms with E-state index in [2.05, 4.69) is 10.6 Å². The summed E-state index contributed by atoms with van der Waals surface area (Å²) in [6, 6.07) is 40.3. The number of fused-ring (bicyclic) bond motifs is 2. The van der Waals surface area contributed by atoms with Crippen molar-refractivity contribution < 1.29 is 9.59 Å². The molecular formula is C38H24Cl2N4O2. The Hall–Kier alpha value is -5.56. The van der Waals surface area contributed by atoms with E-state index in [0.717, 1.165) is 21.9 Å². The Labute approximate surface area is 274 Å². The monoisotopic (exact) mass is 638 g/mol. The van der Waals surface area contributed by atoms with Crippen LogP contribution in [0.4, 0.5) is 11.4 Å². The van der Waals surface area contributed by atoms with Gasteiger partial charge in [0.25, 0.3) is 11.8 Å². The first-order valence-corrected chi connectivity index (χ1v) is 15.2. The Morgan fingerprint density at radius 3 is 1.26 bits per heavy atom. The highest BCUT2D eigenvalue weighted by Crippen LogP contribution is 2.32.